The molecule has 2 amide bonds. The molecule has 0 radical (unpaired) electrons. The Hall–Kier alpha value is -3.38. The lowest BCUT2D eigenvalue weighted by Gasteiger charge is -2.37. The minimum Gasteiger partial charge on any atom is -0.497 e. The molecule has 1 atom stereocenters. The van der Waals surface area contributed by atoms with E-state index in [1.165, 1.54) is 4.88 Å². The average Bonchev–Trinajstić information content (AvgIpc) is 3.32. The molecule has 6 heteroatoms. The molecule has 1 aliphatic rings. The van der Waals surface area contributed by atoms with Gasteiger partial charge in [-0.15, -0.1) is 17.9 Å². The average molecular weight is 447 g/mol. The van der Waals surface area contributed by atoms with Gasteiger partial charge in [0.25, 0.3) is 5.91 Å². The largest absolute Gasteiger partial charge is 0.497 e. The number of fused-ring (bicyclic) bond motifs is 1. The third-order valence-electron chi connectivity index (χ3n) is 5.70. The molecule has 1 aliphatic heterocycles. The van der Waals surface area contributed by atoms with Crippen molar-refractivity contribution in [3.05, 3.63) is 100 Å². The lowest BCUT2D eigenvalue weighted by molar-refractivity contribution is -0.133. The molecule has 2 aromatic carbocycles. The quantitative estimate of drug-likeness (QED) is 0.500. The maximum absolute atomic E-state index is 13.5. The van der Waals surface area contributed by atoms with Crippen LogP contribution >= 0.6 is 11.3 Å². The second-order valence-electron chi connectivity index (χ2n) is 7.65. The summed E-state index contributed by atoms with van der Waals surface area (Å²) in [5, 5.41) is 2.08. The molecule has 2 heterocycles. The zero-order valence-electron chi connectivity index (χ0n) is 18.1. The number of amides is 2. The SMILES string of the molecule is C=CCN(CC(=O)N1CCc2sccc2C1c1ccc(OC)cc1)C(=O)c1ccccc1. The monoisotopic (exact) mass is 446 g/mol. The fourth-order valence-electron chi connectivity index (χ4n) is 4.12. The van der Waals surface area contributed by atoms with Crippen molar-refractivity contribution in [2.24, 2.45) is 0 Å². The number of nitrogens with zero attached hydrogens (tertiary/aromatic N) is 2. The van der Waals surface area contributed by atoms with Gasteiger partial charge in [0.2, 0.25) is 5.91 Å². The van der Waals surface area contributed by atoms with Gasteiger partial charge in [-0.05, 0) is 53.3 Å². The van der Waals surface area contributed by atoms with Gasteiger partial charge in [0.1, 0.15) is 12.3 Å². The van der Waals surface area contributed by atoms with Gasteiger partial charge in [0, 0.05) is 23.5 Å². The Bertz CT molecular complexity index is 1090. The van der Waals surface area contributed by atoms with Crippen LogP contribution in [0.4, 0.5) is 0 Å². The standard InChI is InChI=1S/C26H26N2O3S/c1-3-15-27(26(30)20-7-5-4-6-8-20)18-24(29)28-16-13-23-22(14-17-32-23)25(28)19-9-11-21(31-2)12-10-19/h3-12,14,17,25H,1,13,15-16,18H2,2H3. The Kier molecular flexibility index (Phi) is 6.71. The van der Waals surface area contributed by atoms with Crippen LogP contribution in [0.5, 0.6) is 5.75 Å². The third-order valence-corrected chi connectivity index (χ3v) is 6.70. The number of rotatable bonds is 7. The Morgan fingerprint density at radius 1 is 1.16 bits per heavy atom. The van der Waals surface area contributed by atoms with Crippen LogP contribution in [0.15, 0.2) is 78.7 Å². The Morgan fingerprint density at radius 3 is 2.59 bits per heavy atom. The van der Waals surface area contributed by atoms with Gasteiger partial charge in [-0.2, -0.15) is 0 Å². The topological polar surface area (TPSA) is 49.9 Å². The van der Waals surface area contributed by atoms with Crippen LogP contribution < -0.4 is 4.74 Å². The molecule has 1 aromatic heterocycles. The van der Waals surface area contributed by atoms with Gasteiger partial charge in [-0.3, -0.25) is 9.59 Å². The van der Waals surface area contributed by atoms with Crippen molar-refractivity contribution in [3.8, 4) is 5.75 Å². The molecular formula is C26H26N2O3S. The van der Waals surface area contributed by atoms with E-state index in [-0.39, 0.29) is 24.4 Å². The molecule has 1 unspecified atom stereocenters. The third kappa shape index (κ3) is 4.46. The lowest BCUT2D eigenvalue weighted by atomic mass is 9.93. The van der Waals surface area contributed by atoms with E-state index in [2.05, 4.69) is 18.0 Å². The first kappa shape index (κ1) is 21.8. The molecule has 4 rings (SSSR count). The zero-order chi connectivity index (χ0) is 22.5. The summed E-state index contributed by atoms with van der Waals surface area (Å²) in [6.07, 6.45) is 2.47. The van der Waals surface area contributed by atoms with Crippen molar-refractivity contribution in [1.29, 1.82) is 0 Å². The minimum atomic E-state index is -0.180. The fourth-order valence-corrected chi connectivity index (χ4v) is 5.03. The molecule has 0 saturated carbocycles. The first-order valence-corrected chi connectivity index (χ1v) is 11.4. The highest BCUT2D eigenvalue weighted by atomic mass is 32.1. The van der Waals surface area contributed by atoms with E-state index in [4.69, 9.17) is 4.74 Å². The van der Waals surface area contributed by atoms with E-state index >= 15 is 0 Å². The molecule has 0 aliphatic carbocycles. The van der Waals surface area contributed by atoms with E-state index in [9.17, 15) is 9.59 Å². The fraction of sp³-hybridized carbons (Fsp3) is 0.231. The second kappa shape index (κ2) is 9.83. The van der Waals surface area contributed by atoms with Gasteiger partial charge in [-0.1, -0.05) is 36.4 Å². The first-order chi connectivity index (χ1) is 15.6. The molecule has 0 bridgehead atoms. The summed E-state index contributed by atoms with van der Waals surface area (Å²) in [6.45, 7) is 4.70. The van der Waals surface area contributed by atoms with Crippen LogP contribution in [0.3, 0.4) is 0 Å². The summed E-state index contributed by atoms with van der Waals surface area (Å²) in [7, 11) is 1.64. The molecule has 3 aromatic rings. The van der Waals surface area contributed by atoms with Gasteiger partial charge in [-0.25, -0.2) is 0 Å². The Labute approximate surface area is 192 Å². The summed E-state index contributed by atoms with van der Waals surface area (Å²) in [5.41, 5.74) is 2.75. The Balaban J connectivity index is 1.61. The maximum Gasteiger partial charge on any atom is 0.254 e. The highest BCUT2D eigenvalue weighted by Gasteiger charge is 2.34. The van der Waals surface area contributed by atoms with Gasteiger partial charge in [0.05, 0.1) is 13.2 Å². The summed E-state index contributed by atoms with van der Waals surface area (Å²) in [6, 6.07) is 18.8. The van der Waals surface area contributed by atoms with Crippen LogP contribution in [0.1, 0.15) is 32.4 Å². The number of carbonyl (C=O) groups excluding carboxylic acids is 2. The van der Waals surface area contributed by atoms with E-state index < -0.39 is 0 Å². The van der Waals surface area contributed by atoms with Crippen molar-refractivity contribution in [1.82, 2.24) is 9.80 Å². The number of carbonyl (C=O) groups is 2. The number of benzene rings is 2. The Morgan fingerprint density at radius 2 is 1.91 bits per heavy atom. The molecule has 0 spiro atoms. The summed E-state index contributed by atoms with van der Waals surface area (Å²) < 4.78 is 5.30. The lowest BCUT2D eigenvalue weighted by Crippen LogP contribution is -2.46. The van der Waals surface area contributed by atoms with Gasteiger partial charge in [0.15, 0.2) is 0 Å². The van der Waals surface area contributed by atoms with E-state index in [1.807, 2.05) is 47.4 Å². The van der Waals surface area contributed by atoms with E-state index in [0.29, 0.717) is 18.7 Å². The summed E-state index contributed by atoms with van der Waals surface area (Å²) >= 11 is 1.73. The van der Waals surface area contributed by atoms with Crippen molar-refractivity contribution >= 4 is 23.2 Å². The van der Waals surface area contributed by atoms with E-state index in [1.54, 1.807) is 41.6 Å². The van der Waals surface area contributed by atoms with Crippen LogP contribution in [-0.2, 0) is 11.2 Å². The molecule has 5 nitrogen and oxygen atoms in total. The highest BCUT2D eigenvalue weighted by molar-refractivity contribution is 7.10. The molecule has 0 saturated heterocycles. The highest BCUT2D eigenvalue weighted by Crippen LogP contribution is 2.38. The first-order valence-electron chi connectivity index (χ1n) is 10.6. The number of hydrogen-bond donors (Lipinski definition) is 0. The predicted molar refractivity (Wildman–Crippen MR) is 127 cm³/mol. The number of hydrogen-bond acceptors (Lipinski definition) is 4. The molecule has 0 N–H and O–H groups in total. The van der Waals surface area contributed by atoms with Gasteiger partial charge < -0.3 is 14.5 Å². The van der Waals surface area contributed by atoms with E-state index in [0.717, 1.165) is 23.3 Å². The van der Waals surface area contributed by atoms with Crippen molar-refractivity contribution in [3.63, 3.8) is 0 Å². The summed E-state index contributed by atoms with van der Waals surface area (Å²) in [4.78, 5) is 31.3. The molecule has 0 fully saturated rings. The summed E-state index contributed by atoms with van der Waals surface area (Å²) in [5.74, 6) is 0.528. The maximum atomic E-state index is 13.5. The van der Waals surface area contributed by atoms with Crippen LogP contribution in [0.25, 0.3) is 0 Å². The minimum absolute atomic E-state index is 0.00583. The van der Waals surface area contributed by atoms with Crippen LogP contribution in [0.2, 0.25) is 0 Å². The van der Waals surface area contributed by atoms with Crippen LogP contribution in [0, 0.1) is 0 Å². The molecule has 164 valence electrons. The number of methoxy groups -OCH3 is 1. The second-order valence-corrected chi connectivity index (χ2v) is 8.65. The number of thiophene rings is 1. The number of ether oxygens (including phenoxy) is 1. The predicted octanol–water partition coefficient (Wildman–Crippen LogP) is 4.56. The van der Waals surface area contributed by atoms with Crippen molar-refractivity contribution in [2.45, 2.75) is 12.5 Å². The zero-order valence-corrected chi connectivity index (χ0v) is 18.9. The normalized spacial score (nSPS) is 15.0. The molecule has 32 heavy (non-hydrogen) atoms. The van der Waals surface area contributed by atoms with Crippen molar-refractivity contribution in [2.75, 3.05) is 26.7 Å². The smallest absolute Gasteiger partial charge is 0.254 e. The van der Waals surface area contributed by atoms with Gasteiger partial charge >= 0.3 is 0 Å². The molecular weight excluding hydrogens is 420 g/mol. The van der Waals surface area contributed by atoms with Crippen LogP contribution in [-0.4, -0.2) is 48.4 Å². The van der Waals surface area contributed by atoms with Crippen molar-refractivity contribution < 1.29 is 14.3 Å².